The van der Waals surface area contributed by atoms with E-state index in [1.54, 1.807) is 0 Å². The lowest BCUT2D eigenvalue weighted by Crippen LogP contribution is -2.50. The fourth-order valence-electron chi connectivity index (χ4n) is 3.09. The largest absolute Gasteiger partial charge is 0.341 e. The van der Waals surface area contributed by atoms with E-state index in [-0.39, 0.29) is 5.41 Å². The second kappa shape index (κ2) is 5.83. The first-order chi connectivity index (χ1) is 8.53. The third kappa shape index (κ3) is 2.85. The summed E-state index contributed by atoms with van der Waals surface area (Å²) in [6, 6.07) is 0.457. The van der Waals surface area contributed by atoms with E-state index in [1.165, 1.54) is 18.6 Å². The molecule has 0 saturated carbocycles. The summed E-state index contributed by atoms with van der Waals surface area (Å²) in [5.41, 5.74) is -0.227. The van der Waals surface area contributed by atoms with Gasteiger partial charge in [0.1, 0.15) is 0 Å². The number of hydrogen-bond donors (Lipinski definition) is 1. The Morgan fingerprint density at radius 3 is 2.72 bits per heavy atom. The maximum Gasteiger partial charge on any atom is 0.228 e. The molecule has 2 atom stereocenters. The molecule has 0 aromatic rings. The van der Waals surface area contributed by atoms with Crippen LogP contribution < -0.4 is 5.32 Å². The first-order valence-corrected chi connectivity index (χ1v) is 8.24. The minimum absolute atomic E-state index is 0.227. The van der Waals surface area contributed by atoms with Gasteiger partial charge in [-0.15, -0.1) is 0 Å². The third-order valence-electron chi connectivity index (χ3n) is 4.64. The molecule has 2 unspecified atom stereocenters. The Morgan fingerprint density at radius 2 is 2.17 bits per heavy atom. The molecule has 2 fully saturated rings. The van der Waals surface area contributed by atoms with Gasteiger partial charge in [-0.05, 0) is 44.0 Å². The number of rotatable bonds is 3. The van der Waals surface area contributed by atoms with Crippen molar-refractivity contribution < 1.29 is 4.79 Å². The van der Waals surface area contributed by atoms with Gasteiger partial charge in [0.15, 0.2) is 0 Å². The van der Waals surface area contributed by atoms with E-state index in [4.69, 9.17) is 0 Å². The Labute approximate surface area is 115 Å². The molecule has 1 N–H and O–H groups in total. The summed E-state index contributed by atoms with van der Waals surface area (Å²) in [5.74, 6) is 3.13. The lowest BCUT2D eigenvalue weighted by Gasteiger charge is -2.40. The molecule has 104 valence electrons. The molecule has 2 saturated heterocycles. The van der Waals surface area contributed by atoms with Gasteiger partial charge in [-0.1, -0.05) is 13.8 Å². The van der Waals surface area contributed by atoms with E-state index < -0.39 is 0 Å². The average molecular weight is 270 g/mol. The van der Waals surface area contributed by atoms with Crippen molar-refractivity contribution in [1.82, 2.24) is 10.2 Å². The summed E-state index contributed by atoms with van der Waals surface area (Å²) in [5, 5.41) is 3.43. The number of carbonyl (C=O) groups excluding carboxylic acids is 1. The summed E-state index contributed by atoms with van der Waals surface area (Å²) < 4.78 is 0. The normalized spacial score (nSPS) is 29.3. The first kappa shape index (κ1) is 14.2. The van der Waals surface area contributed by atoms with Gasteiger partial charge in [0.05, 0.1) is 0 Å². The number of nitrogens with one attached hydrogen (secondary N) is 1. The van der Waals surface area contributed by atoms with E-state index in [0.29, 0.717) is 17.9 Å². The van der Waals surface area contributed by atoms with Crippen LogP contribution in [-0.4, -0.2) is 48.5 Å². The zero-order chi connectivity index (χ0) is 13.2. The number of hydrogen-bond acceptors (Lipinski definition) is 3. The summed E-state index contributed by atoms with van der Waals surface area (Å²) in [7, 11) is 2.00. The van der Waals surface area contributed by atoms with Gasteiger partial charge in [0, 0.05) is 24.3 Å². The van der Waals surface area contributed by atoms with Crippen LogP contribution in [0.15, 0.2) is 0 Å². The van der Waals surface area contributed by atoms with Crippen LogP contribution in [0.4, 0.5) is 0 Å². The summed E-state index contributed by atoms with van der Waals surface area (Å²) in [6.07, 6.45) is 3.54. The van der Waals surface area contributed by atoms with Crippen molar-refractivity contribution in [2.24, 2.45) is 11.3 Å². The monoisotopic (exact) mass is 270 g/mol. The van der Waals surface area contributed by atoms with E-state index >= 15 is 0 Å². The van der Waals surface area contributed by atoms with Crippen LogP contribution in [0.5, 0.6) is 0 Å². The highest BCUT2D eigenvalue weighted by molar-refractivity contribution is 7.99. The predicted molar refractivity (Wildman–Crippen MR) is 77.9 cm³/mol. The van der Waals surface area contributed by atoms with Gasteiger partial charge in [0.25, 0.3) is 0 Å². The Hall–Kier alpha value is -0.220. The standard InChI is InChI=1S/C14H26N2OS/c1-14(2,11-5-4-7-15-9-11)13(17)16(3)12-6-8-18-10-12/h11-12,15H,4-10H2,1-3H3. The summed E-state index contributed by atoms with van der Waals surface area (Å²) in [4.78, 5) is 14.8. The van der Waals surface area contributed by atoms with Crippen LogP contribution >= 0.6 is 11.8 Å². The highest BCUT2D eigenvalue weighted by Gasteiger charge is 2.40. The van der Waals surface area contributed by atoms with Crippen molar-refractivity contribution in [3.8, 4) is 0 Å². The van der Waals surface area contributed by atoms with Crippen molar-refractivity contribution in [1.29, 1.82) is 0 Å². The van der Waals surface area contributed by atoms with Gasteiger partial charge in [-0.3, -0.25) is 4.79 Å². The summed E-state index contributed by atoms with van der Waals surface area (Å²) in [6.45, 7) is 6.36. The Kier molecular flexibility index (Phi) is 4.59. The molecule has 0 aliphatic carbocycles. The zero-order valence-corrected chi connectivity index (χ0v) is 12.7. The van der Waals surface area contributed by atoms with Gasteiger partial charge in [-0.2, -0.15) is 11.8 Å². The highest BCUT2D eigenvalue weighted by atomic mass is 32.2. The minimum Gasteiger partial charge on any atom is -0.341 e. The van der Waals surface area contributed by atoms with Crippen LogP contribution in [0.25, 0.3) is 0 Å². The fraction of sp³-hybridized carbons (Fsp3) is 0.929. The van der Waals surface area contributed by atoms with Gasteiger partial charge in [0.2, 0.25) is 5.91 Å². The number of piperidine rings is 1. The molecular formula is C14H26N2OS. The molecule has 3 nitrogen and oxygen atoms in total. The van der Waals surface area contributed by atoms with Crippen LogP contribution in [0.3, 0.4) is 0 Å². The number of nitrogens with zero attached hydrogens (tertiary/aromatic N) is 1. The van der Waals surface area contributed by atoms with Crippen LogP contribution in [-0.2, 0) is 4.79 Å². The highest BCUT2D eigenvalue weighted by Crippen LogP contribution is 2.35. The second-order valence-electron chi connectivity index (χ2n) is 6.20. The van der Waals surface area contributed by atoms with Gasteiger partial charge < -0.3 is 10.2 Å². The third-order valence-corrected chi connectivity index (χ3v) is 5.79. The van der Waals surface area contributed by atoms with Crippen molar-refractivity contribution >= 4 is 17.7 Å². The van der Waals surface area contributed by atoms with Crippen molar-refractivity contribution in [2.75, 3.05) is 31.6 Å². The Balaban J connectivity index is 2.00. The van der Waals surface area contributed by atoms with E-state index in [1.807, 2.05) is 23.7 Å². The molecule has 0 aromatic heterocycles. The SMILES string of the molecule is CN(C(=O)C(C)(C)C1CCCNC1)C1CCSC1. The van der Waals surface area contributed by atoms with Crippen LogP contribution in [0, 0.1) is 11.3 Å². The molecule has 0 bridgehead atoms. The van der Waals surface area contributed by atoms with Gasteiger partial charge in [-0.25, -0.2) is 0 Å². The number of amides is 1. The Morgan fingerprint density at radius 1 is 1.39 bits per heavy atom. The lowest BCUT2D eigenvalue weighted by atomic mass is 9.74. The molecule has 0 spiro atoms. The molecule has 1 amide bonds. The fourth-order valence-corrected chi connectivity index (χ4v) is 4.36. The van der Waals surface area contributed by atoms with E-state index in [9.17, 15) is 4.79 Å². The maximum absolute atomic E-state index is 12.7. The summed E-state index contributed by atoms with van der Waals surface area (Å²) >= 11 is 1.97. The Bertz CT molecular complexity index is 294. The van der Waals surface area contributed by atoms with Crippen LogP contribution in [0.1, 0.15) is 33.1 Å². The first-order valence-electron chi connectivity index (χ1n) is 7.09. The van der Waals surface area contributed by atoms with Crippen molar-refractivity contribution in [3.05, 3.63) is 0 Å². The smallest absolute Gasteiger partial charge is 0.228 e. The molecular weight excluding hydrogens is 244 g/mol. The zero-order valence-electron chi connectivity index (χ0n) is 11.9. The molecule has 0 radical (unpaired) electrons. The van der Waals surface area contributed by atoms with Crippen molar-refractivity contribution in [2.45, 2.75) is 39.2 Å². The molecule has 2 rings (SSSR count). The van der Waals surface area contributed by atoms with E-state index in [0.717, 1.165) is 25.3 Å². The van der Waals surface area contributed by atoms with Gasteiger partial charge >= 0.3 is 0 Å². The minimum atomic E-state index is -0.227. The van der Waals surface area contributed by atoms with Crippen LogP contribution in [0.2, 0.25) is 0 Å². The lowest BCUT2D eigenvalue weighted by molar-refractivity contribution is -0.144. The molecule has 2 heterocycles. The molecule has 4 heteroatoms. The maximum atomic E-state index is 12.7. The van der Waals surface area contributed by atoms with E-state index in [2.05, 4.69) is 19.2 Å². The molecule has 18 heavy (non-hydrogen) atoms. The predicted octanol–water partition coefficient (Wildman–Crippen LogP) is 1.98. The van der Waals surface area contributed by atoms with Crippen molar-refractivity contribution in [3.63, 3.8) is 0 Å². The quantitative estimate of drug-likeness (QED) is 0.851. The number of carbonyl (C=O) groups is 1. The molecule has 2 aliphatic heterocycles. The second-order valence-corrected chi connectivity index (χ2v) is 7.35. The number of thioether (sulfide) groups is 1. The topological polar surface area (TPSA) is 32.3 Å². The average Bonchev–Trinajstić information content (AvgIpc) is 2.92. The molecule has 2 aliphatic rings. The molecule has 0 aromatic carbocycles.